The van der Waals surface area contributed by atoms with Crippen LogP contribution in [0, 0.1) is 11.3 Å². The molecule has 2 rings (SSSR count). The van der Waals surface area contributed by atoms with Crippen molar-refractivity contribution < 1.29 is 23.8 Å². The van der Waals surface area contributed by atoms with E-state index >= 15 is 0 Å². The summed E-state index contributed by atoms with van der Waals surface area (Å²) in [6, 6.07) is 7.36. The smallest absolute Gasteiger partial charge is 0.324 e. The maximum atomic E-state index is 12.3. The molecule has 0 radical (unpaired) electrons. The number of benzene rings is 1. The Labute approximate surface area is 136 Å². The summed E-state index contributed by atoms with van der Waals surface area (Å²) in [5, 5.41) is 0. The lowest BCUT2D eigenvalue weighted by atomic mass is 9.95. The molecule has 23 heavy (non-hydrogen) atoms. The first kappa shape index (κ1) is 17.1. The molecule has 1 unspecified atom stereocenters. The van der Waals surface area contributed by atoms with Crippen LogP contribution in [0.25, 0.3) is 5.57 Å². The summed E-state index contributed by atoms with van der Waals surface area (Å²) in [5.74, 6) is -0.621. The Morgan fingerprint density at radius 1 is 1.13 bits per heavy atom. The Bertz CT molecular complexity index is 584. The van der Waals surface area contributed by atoms with Gasteiger partial charge in [0.15, 0.2) is 5.41 Å². The van der Waals surface area contributed by atoms with Gasteiger partial charge < -0.3 is 14.2 Å². The third-order valence-electron chi connectivity index (χ3n) is 4.12. The van der Waals surface area contributed by atoms with E-state index in [4.69, 9.17) is 14.2 Å². The van der Waals surface area contributed by atoms with Crippen LogP contribution in [-0.2, 0) is 19.1 Å². The van der Waals surface area contributed by atoms with Crippen molar-refractivity contribution in [2.45, 2.75) is 20.3 Å². The van der Waals surface area contributed by atoms with Crippen molar-refractivity contribution in [1.82, 2.24) is 0 Å². The van der Waals surface area contributed by atoms with Crippen LogP contribution in [0.5, 0.6) is 5.75 Å². The maximum Gasteiger partial charge on any atom is 0.324 e. The Kier molecular flexibility index (Phi) is 5.08. The predicted molar refractivity (Wildman–Crippen MR) is 85.8 cm³/mol. The number of rotatable bonds is 7. The first-order valence-electron chi connectivity index (χ1n) is 7.68. The fourth-order valence-electron chi connectivity index (χ4n) is 2.74. The molecule has 0 bridgehead atoms. The van der Waals surface area contributed by atoms with Crippen molar-refractivity contribution in [2.24, 2.45) is 11.3 Å². The summed E-state index contributed by atoms with van der Waals surface area (Å²) in [4.78, 5) is 24.6. The average Bonchev–Trinajstić information content (AvgIpc) is 3.32. The summed E-state index contributed by atoms with van der Waals surface area (Å²) in [7, 11) is 1.59. The van der Waals surface area contributed by atoms with Crippen molar-refractivity contribution in [3.8, 4) is 5.75 Å². The SMILES string of the molecule is C=C(c1ccc(OC)cc1)C1CC1(C(=O)OCC)C(=O)OCC. The monoisotopic (exact) mass is 318 g/mol. The van der Waals surface area contributed by atoms with Crippen molar-refractivity contribution in [3.63, 3.8) is 0 Å². The first-order valence-corrected chi connectivity index (χ1v) is 7.68. The molecule has 124 valence electrons. The van der Waals surface area contributed by atoms with Crippen LogP contribution in [0.4, 0.5) is 0 Å². The highest BCUT2D eigenvalue weighted by Gasteiger charge is 2.69. The number of carbonyl (C=O) groups excluding carboxylic acids is 2. The van der Waals surface area contributed by atoms with E-state index < -0.39 is 17.4 Å². The van der Waals surface area contributed by atoms with E-state index in [1.807, 2.05) is 24.3 Å². The van der Waals surface area contributed by atoms with Crippen LogP contribution in [0.1, 0.15) is 25.8 Å². The number of hydrogen-bond acceptors (Lipinski definition) is 5. The standard InChI is InChI=1S/C18H22O5/c1-5-22-16(19)18(17(20)23-6-2)11-15(18)12(3)13-7-9-14(21-4)10-8-13/h7-10,15H,3,5-6,11H2,1-2,4H3. The molecule has 0 amide bonds. The van der Waals surface area contributed by atoms with Crippen LogP contribution in [0.2, 0.25) is 0 Å². The summed E-state index contributed by atoms with van der Waals surface area (Å²) >= 11 is 0. The van der Waals surface area contributed by atoms with Crippen molar-refractivity contribution in [2.75, 3.05) is 20.3 Å². The van der Waals surface area contributed by atoms with Gasteiger partial charge in [-0.3, -0.25) is 9.59 Å². The molecule has 0 saturated heterocycles. The molecule has 0 heterocycles. The fraction of sp³-hybridized carbons (Fsp3) is 0.444. The molecular formula is C18H22O5. The van der Waals surface area contributed by atoms with E-state index in [1.165, 1.54) is 0 Å². The predicted octanol–water partition coefficient (Wildman–Crippen LogP) is 2.84. The molecule has 5 heteroatoms. The Morgan fingerprint density at radius 2 is 1.65 bits per heavy atom. The van der Waals surface area contributed by atoms with Crippen molar-refractivity contribution >= 4 is 17.5 Å². The largest absolute Gasteiger partial charge is 0.497 e. The van der Waals surface area contributed by atoms with Gasteiger partial charge in [0.2, 0.25) is 0 Å². The average molecular weight is 318 g/mol. The molecule has 0 spiro atoms. The van der Waals surface area contributed by atoms with E-state index in [0.717, 1.165) is 16.9 Å². The van der Waals surface area contributed by atoms with Gasteiger partial charge in [-0.2, -0.15) is 0 Å². The van der Waals surface area contributed by atoms with Crippen LogP contribution in [0.15, 0.2) is 30.8 Å². The zero-order valence-corrected chi connectivity index (χ0v) is 13.8. The van der Waals surface area contributed by atoms with Crippen LogP contribution >= 0.6 is 0 Å². The lowest BCUT2D eigenvalue weighted by molar-refractivity contribution is -0.164. The second kappa shape index (κ2) is 6.86. The molecule has 0 N–H and O–H groups in total. The van der Waals surface area contributed by atoms with Gasteiger partial charge in [0.05, 0.1) is 20.3 Å². The Balaban J connectivity index is 2.22. The number of allylic oxidation sites excluding steroid dienone is 1. The van der Waals surface area contributed by atoms with E-state index in [-0.39, 0.29) is 19.1 Å². The minimum atomic E-state index is -1.25. The van der Waals surface area contributed by atoms with Crippen molar-refractivity contribution in [3.05, 3.63) is 36.4 Å². The van der Waals surface area contributed by atoms with E-state index in [0.29, 0.717) is 6.42 Å². The van der Waals surface area contributed by atoms with Crippen molar-refractivity contribution in [1.29, 1.82) is 0 Å². The fourth-order valence-corrected chi connectivity index (χ4v) is 2.74. The molecule has 1 saturated carbocycles. The number of methoxy groups -OCH3 is 1. The summed E-state index contributed by atoms with van der Waals surface area (Å²) in [6.45, 7) is 7.94. The van der Waals surface area contributed by atoms with Gasteiger partial charge in [-0.15, -0.1) is 0 Å². The van der Waals surface area contributed by atoms with Gasteiger partial charge >= 0.3 is 11.9 Å². The minimum Gasteiger partial charge on any atom is -0.497 e. The lowest BCUT2D eigenvalue weighted by Crippen LogP contribution is -2.32. The van der Waals surface area contributed by atoms with Gasteiger partial charge in [0, 0.05) is 5.92 Å². The first-order chi connectivity index (χ1) is 11.0. The van der Waals surface area contributed by atoms with Crippen LogP contribution in [-0.4, -0.2) is 32.3 Å². The highest BCUT2D eigenvalue weighted by molar-refractivity contribution is 6.06. The quantitative estimate of drug-likeness (QED) is 0.571. The van der Waals surface area contributed by atoms with Gasteiger partial charge in [-0.25, -0.2) is 0 Å². The van der Waals surface area contributed by atoms with Gasteiger partial charge in [0.25, 0.3) is 0 Å². The molecule has 1 aliphatic carbocycles. The summed E-state index contributed by atoms with van der Waals surface area (Å²) in [5.41, 5.74) is 0.350. The Morgan fingerprint density at radius 3 is 2.09 bits per heavy atom. The number of carbonyl (C=O) groups is 2. The Hall–Kier alpha value is -2.30. The second-order valence-corrected chi connectivity index (χ2v) is 5.42. The van der Waals surface area contributed by atoms with Crippen LogP contribution < -0.4 is 4.74 Å². The molecule has 1 aliphatic rings. The summed E-state index contributed by atoms with van der Waals surface area (Å²) in [6.07, 6.45) is 0.371. The molecular weight excluding hydrogens is 296 g/mol. The maximum absolute atomic E-state index is 12.3. The molecule has 5 nitrogen and oxygen atoms in total. The number of ether oxygens (including phenoxy) is 3. The van der Waals surface area contributed by atoms with Gasteiger partial charge in [-0.1, -0.05) is 18.7 Å². The zero-order chi connectivity index (χ0) is 17.0. The molecule has 1 fully saturated rings. The van der Waals surface area contributed by atoms with Crippen LogP contribution in [0.3, 0.4) is 0 Å². The molecule has 1 aromatic carbocycles. The number of esters is 2. The highest BCUT2D eigenvalue weighted by atomic mass is 16.6. The minimum absolute atomic E-state index is 0.224. The van der Waals surface area contributed by atoms with Gasteiger partial charge in [0.1, 0.15) is 5.75 Å². The molecule has 0 aliphatic heterocycles. The zero-order valence-electron chi connectivity index (χ0n) is 13.8. The highest BCUT2D eigenvalue weighted by Crippen LogP contribution is 2.60. The van der Waals surface area contributed by atoms with Gasteiger partial charge in [-0.05, 0) is 43.5 Å². The summed E-state index contributed by atoms with van der Waals surface area (Å²) < 4.78 is 15.3. The topological polar surface area (TPSA) is 61.8 Å². The normalized spacial score (nSPS) is 18.0. The number of hydrogen-bond donors (Lipinski definition) is 0. The van der Waals surface area contributed by atoms with E-state index in [9.17, 15) is 9.59 Å². The molecule has 1 aromatic rings. The van der Waals surface area contributed by atoms with E-state index in [1.54, 1.807) is 21.0 Å². The third kappa shape index (κ3) is 3.09. The molecule has 1 atom stereocenters. The third-order valence-corrected chi connectivity index (χ3v) is 4.12. The second-order valence-electron chi connectivity index (χ2n) is 5.42. The molecule has 0 aromatic heterocycles. The lowest BCUT2D eigenvalue weighted by Gasteiger charge is -2.16. The van der Waals surface area contributed by atoms with E-state index in [2.05, 4.69) is 6.58 Å².